The van der Waals surface area contributed by atoms with Crippen LogP contribution in [0.3, 0.4) is 0 Å². The van der Waals surface area contributed by atoms with Crippen molar-refractivity contribution in [1.29, 1.82) is 0 Å². The first-order valence-corrected chi connectivity index (χ1v) is 11.4. The van der Waals surface area contributed by atoms with Gasteiger partial charge in [-0.1, -0.05) is 34.8 Å². The number of nitrogens with one attached hydrogen (secondary N) is 2. The maximum atomic E-state index is 13.2. The number of hydrazine groups is 1. The maximum absolute atomic E-state index is 13.2. The summed E-state index contributed by atoms with van der Waals surface area (Å²) in [4.78, 5) is 42.2. The molecule has 0 spiro atoms. The lowest BCUT2D eigenvalue weighted by Crippen LogP contribution is -2.46. The van der Waals surface area contributed by atoms with Gasteiger partial charge in [-0.3, -0.25) is 9.59 Å². The molecule has 0 unspecified atom stereocenters. The number of hydrogen-bond donors (Lipinski definition) is 2. The van der Waals surface area contributed by atoms with Gasteiger partial charge in [0, 0.05) is 23.8 Å². The van der Waals surface area contributed by atoms with Gasteiger partial charge in [0.05, 0.1) is 28.4 Å². The molecule has 0 aliphatic carbocycles. The van der Waals surface area contributed by atoms with Crippen molar-refractivity contribution < 1.29 is 19.1 Å². The van der Waals surface area contributed by atoms with Crippen LogP contribution in [-0.2, 0) is 4.74 Å². The molecule has 2 N–H and O–H groups in total. The molecule has 2 heterocycles. The lowest BCUT2D eigenvalue weighted by atomic mass is 10.1. The number of anilines is 1. The number of halogens is 4. The summed E-state index contributed by atoms with van der Waals surface area (Å²) < 4.78 is 6.12. The zero-order valence-corrected chi connectivity index (χ0v) is 21.5. The second-order valence-corrected chi connectivity index (χ2v) is 8.55. The number of rotatable bonds is 5. The lowest BCUT2D eigenvalue weighted by Gasteiger charge is -2.22. The Morgan fingerprint density at radius 2 is 1.91 bits per heavy atom. The summed E-state index contributed by atoms with van der Waals surface area (Å²) >= 11 is 21.9. The second kappa shape index (κ2) is 11.0. The third-order valence-corrected chi connectivity index (χ3v) is 5.55. The normalized spacial score (nSPS) is 10.5. The van der Waals surface area contributed by atoms with Gasteiger partial charge in [-0.05, 0) is 47.1 Å². The molecule has 2 aromatic heterocycles. The molecule has 0 saturated carbocycles. The van der Waals surface area contributed by atoms with E-state index in [0.29, 0.717) is 4.60 Å². The highest BCUT2D eigenvalue weighted by atomic mass is 79.9. The molecule has 0 aliphatic rings. The Morgan fingerprint density at radius 1 is 1.18 bits per heavy atom. The van der Waals surface area contributed by atoms with Crippen LogP contribution in [0.25, 0.3) is 5.82 Å². The van der Waals surface area contributed by atoms with Crippen LogP contribution in [0, 0.1) is 0 Å². The number of carbonyl (C=O) groups excluding carboxylic acids is 3. The van der Waals surface area contributed by atoms with E-state index in [2.05, 4.69) is 41.5 Å². The number of nitrogens with zero attached hydrogens (tertiary/aromatic N) is 4. The van der Waals surface area contributed by atoms with Crippen LogP contribution in [0.15, 0.2) is 41.1 Å². The van der Waals surface area contributed by atoms with Crippen molar-refractivity contribution in [2.24, 2.45) is 0 Å². The van der Waals surface area contributed by atoms with Gasteiger partial charge < -0.3 is 10.1 Å². The largest absolute Gasteiger partial charge is 0.452 e. The van der Waals surface area contributed by atoms with Gasteiger partial charge in [0.2, 0.25) is 0 Å². The molecule has 3 rings (SSSR count). The average Bonchev–Trinajstić information content (AvgIpc) is 3.20. The maximum Gasteiger partial charge on any atom is 0.425 e. The molecule has 0 bridgehead atoms. The fourth-order valence-corrected chi connectivity index (χ4v) is 3.95. The Kier molecular flexibility index (Phi) is 8.37. The van der Waals surface area contributed by atoms with E-state index >= 15 is 0 Å². The number of benzene rings is 1. The van der Waals surface area contributed by atoms with Crippen molar-refractivity contribution in [2.45, 2.75) is 6.92 Å². The SMILES string of the molecule is CCN(NC(=O)OC)C(=O)c1cc(Cl)cc(Cl)c1NC(=O)c1cc(Br)nn1-c1ncccc1Cl. The summed E-state index contributed by atoms with van der Waals surface area (Å²) in [5.41, 5.74) is 2.25. The molecular weight excluding hydrogens is 575 g/mol. The Balaban J connectivity index is 2.02. The van der Waals surface area contributed by atoms with Crippen molar-refractivity contribution in [1.82, 2.24) is 25.2 Å². The minimum absolute atomic E-state index is 0.000629. The van der Waals surface area contributed by atoms with Crippen LogP contribution in [0.2, 0.25) is 15.1 Å². The molecule has 14 heteroatoms. The van der Waals surface area contributed by atoms with E-state index in [1.165, 1.54) is 29.1 Å². The van der Waals surface area contributed by atoms with Crippen molar-refractivity contribution in [3.8, 4) is 5.82 Å². The van der Waals surface area contributed by atoms with Crippen LogP contribution in [0.4, 0.5) is 10.5 Å². The summed E-state index contributed by atoms with van der Waals surface area (Å²) in [6, 6.07) is 7.36. The van der Waals surface area contributed by atoms with E-state index in [4.69, 9.17) is 34.8 Å². The molecule has 0 fully saturated rings. The fourth-order valence-electron chi connectivity index (χ4n) is 2.83. The predicted molar refractivity (Wildman–Crippen MR) is 131 cm³/mol. The van der Waals surface area contributed by atoms with E-state index < -0.39 is 17.9 Å². The first-order chi connectivity index (χ1) is 16.2. The number of pyridine rings is 1. The minimum Gasteiger partial charge on any atom is -0.452 e. The standard InChI is InChI=1S/C20H16BrCl3N6O4/c1-3-29(28-20(33)34-2)19(32)11-7-10(22)8-13(24)16(11)26-18(31)14-9-15(21)27-30(14)17-12(23)5-4-6-25-17/h4-9H,3H2,1-2H3,(H,26,31)(H,28,33). The van der Waals surface area contributed by atoms with Crippen molar-refractivity contribution in [3.63, 3.8) is 0 Å². The monoisotopic (exact) mass is 588 g/mol. The summed E-state index contributed by atoms with van der Waals surface area (Å²) in [6.45, 7) is 1.72. The topological polar surface area (TPSA) is 118 Å². The van der Waals surface area contributed by atoms with Crippen LogP contribution >= 0.6 is 50.7 Å². The molecule has 34 heavy (non-hydrogen) atoms. The number of aromatic nitrogens is 3. The highest BCUT2D eigenvalue weighted by molar-refractivity contribution is 9.10. The average molecular weight is 591 g/mol. The van der Waals surface area contributed by atoms with Gasteiger partial charge in [0.1, 0.15) is 10.3 Å². The highest BCUT2D eigenvalue weighted by Crippen LogP contribution is 2.32. The van der Waals surface area contributed by atoms with Gasteiger partial charge in [0.25, 0.3) is 11.8 Å². The summed E-state index contributed by atoms with van der Waals surface area (Å²) in [6.07, 6.45) is 0.647. The van der Waals surface area contributed by atoms with Gasteiger partial charge in [-0.25, -0.2) is 24.9 Å². The molecule has 178 valence electrons. The Bertz CT molecular complexity index is 1270. The zero-order valence-electron chi connectivity index (χ0n) is 17.6. The minimum atomic E-state index is -0.852. The molecule has 0 radical (unpaired) electrons. The third-order valence-electron chi connectivity index (χ3n) is 4.35. The fraction of sp³-hybridized carbons (Fsp3) is 0.150. The van der Waals surface area contributed by atoms with Crippen molar-refractivity contribution in [2.75, 3.05) is 19.0 Å². The Morgan fingerprint density at radius 3 is 2.56 bits per heavy atom. The third kappa shape index (κ3) is 5.61. The molecule has 3 aromatic rings. The van der Waals surface area contributed by atoms with Gasteiger partial charge in [-0.2, -0.15) is 5.10 Å². The lowest BCUT2D eigenvalue weighted by molar-refractivity contribution is 0.0644. The van der Waals surface area contributed by atoms with Crippen molar-refractivity contribution in [3.05, 3.63) is 67.5 Å². The highest BCUT2D eigenvalue weighted by Gasteiger charge is 2.26. The Labute approximate surface area is 217 Å². The predicted octanol–water partition coefficient (Wildman–Crippen LogP) is 4.98. The van der Waals surface area contributed by atoms with Crippen LogP contribution in [0.5, 0.6) is 0 Å². The summed E-state index contributed by atoms with van der Waals surface area (Å²) in [5, 5.41) is 8.23. The van der Waals surface area contributed by atoms with Crippen LogP contribution in [-0.4, -0.2) is 51.3 Å². The first kappa shape index (κ1) is 25.8. The van der Waals surface area contributed by atoms with Gasteiger partial charge >= 0.3 is 6.09 Å². The second-order valence-electron chi connectivity index (χ2n) is 6.49. The molecule has 3 amide bonds. The number of methoxy groups -OCH3 is 1. The number of hydrogen-bond acceptors (Lipinski definition) is 6. The van der Waals surface area contributed by atoms with E-state index in [-0.39, 0.29) is 44.4 Å². The zero-order chi connectivity index (χ0) is 25.0. The number of amides is 3. The molecule has 0 aliphatic heterocycles. The Hall–Kier alpha value is -2.86. The van der Waals surface area contributed by atoms with Gasteiger partial charge in [-0.15, -0.1) is 0 Å². The van der Waals surface area contributed by atoms with E-state index in [0.717, 1.165) is 12.1 Å². The molecule has 0 atom stereocenters. The molecule has 10 nitrogen and oxygen atoms in total. The summed E-state index contributed by atoms with van der Waals surface area (Å²) in [5.74, 6) is -1.13. The van der Waals surface area contributed by atoms with Crippen LogP contribution in [0.1, 0.15) is 27.8 Å². The van der Waals surface area contributed by atoms with Crippen LogP contribution < -0.4 is 10.7 Å². The molecular formula is C20H16BrCl3N6O4. The summed E-state index contributed by atoms with van der Waals surface area (Å²) in [7, 11) is 1.16. The number of carbonyl (C=O) groups is 3. The van der Waals surface area contributed by atoms with E-state index in [1.54, 1.807) is 19.1 Å². The molecule has 0 saturated heterocycles. The number of ether oxygens (including phenoxy) is 1. The van der Waals surface area contributed by atoms with E-state index in [1.807, 2.05) is 0 Å². The quantitative estimate of drug-likeness (QED) is 0.405. The smallest absolute Gasteiger partial charge is 0.425 e. The first-order valence-electron chi connectivity index (χ1n) is 9.49. The molecule has 1 aromatic carbocycles. The van der Waals surface area contributed by atoms with E-state index in [9.17, 15) is 14.4 Å². The van der Waals surface area contributed by atoms with Gasteiger partial charge in [0.15, 0.2) is 5.82 Å². The van der Waals surface area contributed by atoms with Crippen molar-refractivity contribution >= 4 is 74.3 Å².